The summed E-state index contributed by atoms with van der Waals surface area (Å²) in [5.41, 5.74) is 0.481. The molecule has 7 aliphatic rings. The summed E-state index contributed by atoms with van der Waals surface area (Å²) in [6.07, 6.45) is 2.47. The molecule has 1 aromatic carbocycles. The smallest absolute Gasteiger partial charge is 0.431 e. The van der Waals surface area contributed by atoms with Crippen molar-refractivity contribution < 1.29 is 75.5 Å². The van der Waals surface area contributed by atoms with Crippen molar-refractivity contribution in [1.29, 1.82) is 0 Å². The molecule has 1 aromatic heterocycles. The van der Waals surface area contributed by atoms with E-state index in [1.807, 2.05) is 0 Å². The molecule has 0 radical (unpaired) electrons. The normalized spacial score (nSPS) is 26.3. The molecule has 1 saturated carbocycles. The first-order valence-corrected chi connectivity index (χ1v) is 25.5. The highest BCUT2D eigenvalue weighted by molar-refractivity contribution is 7.53. The number of rotatable bonds is 14. The molecule has 0 unspecified atom stereocenters. The fourth-order valence-corrected chi connectivity index (χ4v) is 12.1. The lowest BCUT2D eigenvalue weighted by atomic mass is 9.96. The first-order valence-electron chi connectivity index (χ1n) is 23.0. The van der Waals surface area contributed by atoms with E-state index in [2.05, 4.69) is 5.32 Å². The summed E-state index contributed by atoms with van der Waals surface area (Å²) in [5.74, 6) is -0.292. The van der Waals surface area contributed by atoms with E-state index in [9.17, 15) is 33.3 Å². The van der Waals surface area contributed by atoms with E-state index in [4.69, 9.17) is 42.2 Å². The van der Waals surface area contributed by atoms with Crippen LogP contribution in [0.1, 0.15) is 73.0 Å². The van der Waals surface area contributed by atoms with Crippen LogP contribution in [-0.4, -0.2) is 160 Å². The minimum atomic E-state index is -4.18. The average molecular weight is 961 g/mol. The van der Waals surface area contributed by atoms with Crippen LogP contribution in [0, 0.1) is 17.8 Å². The van der Waals surface area contributed by atoms with Gasteiger partial charge in [-0.05, 0) is 73.1 Å². The molecule has 360 valence electrons. The zero-order valence-electron chi connectivity index (χ0n) is 36.7. The molecule has 6 saturated heterocycles. The maximum absolute atomic E-state index is 14.4. The number of morpholine rings is 1. The van der Waals surface area contributed by atoms with Crippen molar-refractivity contribution in [2.75, 3.05) is 79.4 Å². The molecule has 4 amide bonds. The van der Waals surface area contributed by atoms with Gasteiger partial charge in [-0.25, -0.2) is 9.59 Å². The van der Waals surface area contributed by atoms with Crippen LogP contribution in [-0.2, 0) is 67.3 Å². The predicted molar refractivity (Wildman–Crippen MR) is 231 cm³/mol. The van der Waals surface area contributed by atoms with Gasteiger partial charge in [0.05, 0.1) is 56.6 Å². The Morgan fingerprint density at radius 1 is 0.727 bits per heavy atom. The number of nitrogens with zero attached hydrogens (tertiary/aromatic N) is 3. The Balaban J connectivity index is 0.829. The second kappa shape index (κ2) is 20.9. The molecule has 1 aliphatic carbocycles. The first kappa shape index (κ1) is 46.7. The van der Waals surface area contributed by atoms with Crippen LogP contribution in [0.3, 0.4) is 0 Å². The summed E-state index contributed by atoms with van der Waals surface area (Å²) < 4.78 is 62.6. The lowest BCUT2D eigenvalue weighted by Crippen LogP contribution is -2.62. The van der Waals surface area contributed by atoms with Gasteiger partial charge < -0.3 is 53.2 Å². The van der Waals surface area contributed by atoms with Crippen molar-refractivity contribution in [2.24, 2.45) is 17.8 Å². The summed E-state index contributed by atoms with van der Waals surface area (Å²) in [6.45, 7) is 3.01. The Morgan fingerprint density at radius 2 is 1.35 bits per heavy atom. The molecule has 5 atom stereocenters. The van der Waals surface area contributed by atoms with Gasteiger partial charge in [0.25, 0.3) is 5.91 Å². The van der Waals surface area contributed by atoms with Crippen LogP contribution in [0.15, 0.2) is 24.3 Å². The predicted octanol–water partition coefficient (Wildman–Crippen LogP) is 4.41. The third-order valence-corrected chi connectivity index (χ3v) is 16.5. The summed E-state index contributed by atoms with van der Waals surface area (Å²) >= 11 is 1.23. The number of thiophene rings is 1. The number of likely N-dealkylation sites (tertiary alicyclic amines) is 1. The summed E-state index contributed by atoms with van der Waals surface area (Å²) in [7, 11) is -4.18. The highest BCUT2D eigenvalue weighted by Crippen LogP contribution is 2.52. The average Bonchev–Trinajstić information content (AvgIpc) is 3.64. The van der Waals surface area contributed by atoms with Gasteiger partial charge in [-0.15, -0.1) is 11.3 Å². The molecular formula is C44H57N4O16PS. The zero-order chi connectivity index (χ0) is 45.8. The summed E-state index contributed by atoms with van der Waals surface area (Å²) in [6, 6.07) is 5.31. The van der Waals surface area contributed by atoms with Crippen LogP contribution in [0.25, 0.3) is 10.1 Å². The molecule has 0 bridgehead atoms. The van der Waals surface area contributed by atoms with Crippen molar-refractivity contribution >= 4 is 65.0 Å². The maximum atomic E-state index is 14.4. The molecule has 66 heavy (non-hydrogen) atoms. The molecule has 22 heteroatoms. The van der Waals surface area contributed by atoms with Gasteiger partial charge in [0.1, 0.15) is 24.3 Å². The fraction of sp³-hybridized carbons (Fsp3) is 0.682. The molecule has 0 spiro atoms. The molecule has 6 aliphatic heterocycles. The second-order valence-electron chi connectivity index (χ2n) is 18.0. The highest BCUT2D eigenvalue weighted by Gasteiger charge is 2.53. The van der Waals surface area contributed by atoms with Crippen LogP contribution in [0.4, 0.5) is 9.59 Å². The van der Waals surface area contributed by atoms with E-state index < -0.39 is 51.5 Å². The molecule has 9 rings (SSSR count). The molecule has 1 N–H and O–H groups in total. The number of nitrogens with one attached hydrogen (secondary N) is 1. The van der Waals surface area contributed by atoms with E-state index in [0.29, 0.717) is 138 Å². The Bertz CT molecular complexity index is 2130. The second-order valence-corrected chi connectivity index (χ2v) is 21.2. The molecule has 7 heterocycles. The molecular weight excluding hydrogens is 904 g/mol. The Kier molecular flexibility index (Phi) is 14.8. The van der Waals surface area contributed by atoms with Gasteiger partial charge in [-0.2, -0.15) is 0 Å². The van der Waals surface area contributed by atoms with Crippen molar-refractivity contribution in [3.63, 3.8) is 0 Å². The quantitative estimate of drug-likeness (QED) is 0.157. The Labute approximate surface area is 385 Å². The maximum Gasteiger partial charge on any atom is 0.510 e. The number of hydrogen-bond donors (Lipinski definition) is 1. The van der Waals surface area contributed by atoms with Crippen LogP contribution in [0.5, 0.6) is 0 Å². The van der Waals surface area contributed by atoms with Gasteiger partial charge in [0.15, 0.2) is 0 Å². The fourth-order valence-electron chi connectivity index (χ4n) is 9.82. The standard InChI is InChI=1S/C44H57N4O16PS/c49-39(45-35-20-29-18-28(29)19-32-2-3-36(48(32)41(35)51)42(52)47-22-31(23-47)40(50)46-9-15-58-16-10-46)38-21-30-17-27(1-4-37(30)66-38)24-65(55,61-25-59-43(53)63-33-5-11-56-12-6-33)62-26-60-44(54)64-34-7-13-57-14-8-34/h1,4,17,21,28-29,31-36H,2-3,5-16,18-20,22-26H2,(H,45,49)/t28-,29+,32-,35+,36+/m1/s1. The molecule has 7 fully saturated rings. The van der Waals surface area contributed by atoms with E-state index >= 15 is 0 Å². The van der Waals surface area contributed by atoms with Crippen LogP contribution in [0.2, 0.25) is 0 Å². The van der Waals surface area contributed by atoms with E-state index in [-0.39, 0.29) is 48.1 Å². The number of carbonyl (C=O) groups excluding carboxylic acids is 6. The Hall–Kier alpha value is -4.37. The van der Waals surface area contributed by atoms with Gasteiger partial charge in [-0.3, -0.25) is 32.8 Å². The van der Waals surface area contributed by atoms with Crippen molar-refractivity contribution in [3.8, 4) is 0 Å². The summed E-state index contributed by atoms with van der Waals surface area (Å²) in [4.78, 5) is 85.7. The molecule has 2 aromatic rings. The SMILES string of the molecule is O=C(OCOP(=O)(Cc1ccc2sc(C(=O)N[C@H]3C[C@@H]4C[C@@H]4C[C@H]4CC[C@@H](C(=O)N5CC(C(=O)N6CCOCC6)C5)N4C3=O)cc2c1)OCOC(=O)OC1CCOCC1)OC1CCOCC1. The largest absolute Gasteiger partial charge is 0.510 e. The third-order valence-electron chi connectivity index (χ3n) is 13.6. The van der Waals surface area contributed by atoms with Crippen molar-refractivity contribution in [3.05, 3.63) is 34.7 Å². The van der Waals surface area contributed by atoms with E-state index in [0.717, 1.165) is 17.5 Å². The van der Waals surface area contributed by atoms with E-state index in [1.54, 1.807) is 39.0 Å². The van der Waals surface area contributed by atoms with Gasteiger partial charge in [0.2, 0.25) is 31.3 Å². The monoisotopic (exact) mass is 960 g/mol. The number of fused-ring (bicyclic) bond motifs is 3. The van der Waals surface area contributed by atoms with Gasteiger partial charge >= 0.3 is 19.9 Å². The van der Waals surface area contributed by atoms with Crippen LogP contribution < -0.4 is 5.32 Å². The highest BCUT2D eigenvalue weighted by atomic mass is 32.1. The number of ether oxygens (including phenoxy) is 7. The lowest BCUT2D eigenvalue weighted by molar-refractivity contribution is -0.156. The van der Waals surface area contributed by atoms with Gasteiger partial charge in [0, 0.05) is 62.6 Å². The molecule has 20 nitrogen and oxygen atoms in total. The van der Waals surface area contributed by atoms with Crippen molar-refractivity contribution in [1.82, 2.24) is 20.0 Å². The van der Waals surface area contributed by atoms with Crippen LogP contribution >= 0.6 is 18.9 Å². The first-order chi connectivity index (χ1) is 32.0. The number of amides is 4. The number of carbonyl (C=O) groups is 6. The van der Waals surface area contributed by atoms with Crippen molar-refractivity contribution in [2.45, 2.75) is 94.3 Å². The van der Waals surface area contributed by atoms with Gasteiger partial charge in [-0.1, -0.05) is 6.07 Å². The third kappa shape index (κ3) is 11.3. The minimum Gasteiger partial charge on any atom is -0.431 e. The number of benzene rings is 1. The van der Waals surface area contributed by atoms with E-state index in [1.165, 1.54) is 11.3 Å². The minimum absolute atomic E-state index is 0.0384. The summed E-state index contributed by atoms with van der Waals surface area (Å²) in [5, 5.41) is 3.67. The lowest BCUT2D eigenvalue weighted by Gasteiger charge is -2.44. The zero-order valence-corrected chi connectivity index (χ0v) is 38.4. The number of hydrogen-bond acceptors (Lipinski definition) is 17. The Morgan fingerprint density at radius 3 is 2.00 bits per heavy atom. The topological polar surface area (TPSA) is 224 Å².